The molecule has 0 aliphatic rings. The number of hydrogen-bond acceptors (Lipinski definition) is 1. The maximum Gasteiger partial charge on any atom is 0.137 e. The molecule has 0 saturated carbocycles. The van der Waals surface area contributed by atoms with Crippen LogP contribution in [0, 0.1) is 12.7 Å². The molecule has 1 nitrogen and oxygen atoms in total. The van der Waals surface area contributed by atoms with Crippen molar-refractivity contribution >= 4 is 34.0 Å². The van der Waals surface area contributed by atoms with Gasteiger partial charge in [-0.2, -0.15) is 0 Å². The Hall–Kier alpha value is -0.280. The van der Waals surface area contributed by atoms with Gasteiger partial charge in [-0.3, -0.25) is 0 Å². The number of nitrogens with two attached hydrogens (primary N) is 1. The molecule has 0 radical (unpaired) electrons. The average Bonchev–Trinajstić information content (AvgIpc) is 1.93. The molecule has 4 heteroatoms. The van der Waals surface area contributed by atoms with E-state index < -0.39 is 0 Å². The van der Waals surface area contributed by atoms with Crippen LogP contribution in [0.4, 0.5) is 10.1 Å². The Morgan fingerprint density at radius 1 is 1.45 bits per heavy atom. The Kier molecular flexibility index (Phi) is 3.83. The third-order valence-electron chi connectivity index (χ3n) is 1.38. The first-order valence-corrected chi connectivity index (χ1v) is 3.62. The van der Waals surface area contributed by atoms with Crippen molar-refractivity contribution in [3.63, 3.8) is 0 Å². The van der Waals surface area contributed by atoms with Gasteiger partial charge < -0.3 is 5.73 Å². The lowest BCUT2D eigenvalue weighted by molar-refractivity contribution is 0.620. The summed E-state index contributed by atoms with van der Waals surface area (Å²) in [6.07, 6.45) is 0. The second-order valence-corrected chi connectivity index (χ2v) is 2.87. The molecule has 2 N–H and O–H groups in total. The Labute approximate surface area is 79.3 Å². The second kappa shape index (κ2) is 3.93. The summed E-state index contributed by atoms with van der Waals surface area (Å²) in [6, 6.07) is 2.89. The summed E-state index contributed by atoms with van der Waals surface area (Å²) in [5, 5.41) is 0. The van der Waals surface area contributed by atoms with Crippen LogP contribution in [0.3, 0.4) is 0 Å². The first kappa shape index (κ1) is 10.7. The van der Waals surface area contributed by atoms with E-state index in [1.807, 2.05) is 0 Å². The third kappa shape index (κ3) is 2.07. The minimum atomic E-state index is -0.272. The molecule has 0 bridgehead atoms. The monoisotopic (exact) mass is 239 g/mol. The molecule has 0 aliphatic heterocycles. The van der Waals surface area contributed by atoms with Gasteiger partial charge in [0.25, 0.3) is 0 Å². The second-order valence-electron chi connectivity index (χ2n) is 2.08. The Morgan fingerprint density at radius 2 is 2.00 bits per heavy atom. The van der Waals surface area contributed by atoms with Crippen LogP contribution >= 0.6 is 28.3 Å². The van der Waals surface area contributed by atoms with Crippen LogP contribution in [-0.2, 0) is 0 Å². The third-order valence-corrected chi connectivity index (χ3v) is 2.35. The molecule has 0 aromatic heterocycles. The smallest absolute Gasteiger partial charge is 0.137 e. The minimum absolute atomic E-state index is 0. The van der Waals surface area contributed by atoms with Gasteiger partial charge in [0.2, 0.25) is 0 Å². The fraction of sp³-hybridized carbons (Fsp3) is 0.143. The molecule has 0 saturated heterocycles. The van der Waals surface area contributed by atoms with Crippen molar-refractivity contribution in [3.05, 3.63) is 28.0 Å². The van der Waals surface area contributed by atoms with Crippen LogP contribution in [0.2, 0.25) is 0 Å². The van der Waals surface area contributed by atoms with E-state index in [2.05, 4.69) is 15.9 Å². The molecule has 1 rings (SSSR count). The lowest BCUT2D eigenvalue weighted by Gasteiger charge is -2.01. The van der Waals surface area contributed by atoms with Crippen molar-refractivity contribution in [2.24, 2.45) is 0 Å². The Balaban J connectivity index is 0.000001000. The maximum atomic E-state index is 12.7. The summed E-state index contributed by atoms with van der Waals surface area (Å²) in [5.74, 6) is -0.272. The van der Waals surface area contributed by atoms with Gasteiger partial charge in [-0.1, -0.05) is 0 Å². The number of hydrogen-bond donors (Lipinski definition) is 1. The van der Waals surface area contributed by atoms with E-state index in [-0.39, 0.29) is 18.2 Å². The summed E-state index contributed by atoms with van der Waals surface area (Å²) < 4.78 is 13.1. The van der Waals surface area contributed by atoms with Gasteiger partial charge in [0.05, 0.1) is 4.47 Å². The van der Waals surface area contributed by atoms with E-state index in [1.165, 1.54) is 6.07 Å². The summed E-state index contributed by atoms with van der Waals surface area (Å²) in [7, 11) is 0. The predicted octanol–water partition coefficient (Wildman–Crippen LogP) is 2.90. The molecule has 62 valence electrons. The molecule has 0 heterocycles. The van der Waals surface area contributed by atoms with E-state index in [0.717, 1.165) is 5.56 Å². The molecule has 0 aliphatic carbocycles. The molecule has 0 unspecified atom stereocenters. The predicted molar refractivity (Wildman–Crippen MR) is 50.5 cm³/mol. The van der Waals surface area contributed by atoms with Crippen molar-refractivity contribution in [2.75, 3.05) is 5.73 Å². The highest BCUT2D eigenvalue weighted by Gasteiger charge is 2.03. The molecule has 0 spiro atoms. The fourth-order valence-corrected chi connectivity index (χ4v) is 1.03. The highest BCUT2D eigenvalue weighted by atomic mass is 79.9. The maximum absolute atomic E-state index is 12.7. The first-order valence-electron chi connectivity index (χ1n) is 2.83. The zero-order valence-electron chi connectivity index (χ0n) is 5.90. The van der Waals surface area contributed by atoms with E-state index >= 15 is 0 Å². The standard InChI is InChI=1S/C7H7BrFN.ClH/c1-4-6(10)3-2-5(9)7(4)8;/h2-3H,10H2,1H3;1H. The number of halogens is 3. The first-order chi connectivity index (χ1) is 4.63. The lowest BCUT2D eigenvalue weighted by atomic mass is 10.2. The number of nitrogen functional groups attached to an aromatic ring is 1. The van der Waals surface area contributed by atoms with E-state index in [9.17, 15) is 4.39 Å². The highest BCUT2D eigenvalue weighted by Crippen LogP contribution is 2.24. The van der Waals surface area contributed by atoms with Gasteiger partial charge in [0, 0.05) is 5.69 Å². The summed E-state index contributed by atoms with van der Waals surface area (Å²) in [4.78, 5) is 0. The molecule has 1 aromatic rings. The molecular formula is C7H8BrClFN. The Bertz CT molecular complexity index is 238. The zero-order valence-corrected chi connectivity index (χ0v) is 8.30. The fourth-order valence-electron chi connectivity index (χ4n) is 0.667. The minimum Gasteiger partial charge on any atom is -0.398 e. The quantitative estimate of drug-likeness (QED) is 0.693. The van der Waals surface area contributed by atoms with Crippen molar-refractivity contribution in [1.29, 1.82) is 0 Å². The molecule has 11 heavy (non-hydrogen) atoms. The van der Waals surface area contributed by atoms with Gasteiger partial charge in [0.1, 0.15) is 5.82 Å². The molecule has 1 aromatic carbocycles. The van der Waals surface area contributed by atoms with Crippen molar-refractivity contribution in [2.45, 2.75) is 6.92 Å². The molecule has 0 atom stereocenters. The van der Waals surface area contributed by atoms with E-state index in [4.69, 9.17) is 5.73 Å². The van der Waals surface area contributed by atoms with Crippen LogP contribution in [0.15, 0.2) is 16.6 Å². The van der Waals surface area contributed by atoms with Crippen LogP contribution in [0.25, 0.3) is 0 Å². The average molecular weight is 241 g/mol. The van der Waals surface area contributed by atoms with Crippen LogP contribution in [0.5, 0.6) is 0 Å². The highest BCUT2D eigenvalue weighted by molar-refractivity contribution is 9.10. The van der Waals surface area contributed by atoms with Crippen LogP contribution in [0.1, 0.15) is 5.56 Å². The summed E-state index contributed by atoms with van der Waals surface area (Å²) >= 11 is 3.07. The van der Waals surface area contributed by atoms with Gasteiger partial charge in [-0.15, -0.1) is 12.4 Å². The van der Waals surface area contributed by atoms with E-state index in [1.54, 1.807) is 13.0 Å². The van der Waals surface area contributed by atoms with Gasteiger partial charge >= 0.3 is 0 Å². The molecule has 0 fully saturated rings. The SMILES string of the molecule is Cc1c(N)ccc(F)c1Br.Cl. The lowest BCUT2D eigenvalue weighted by Crippen LogP contribution is -1.91. The van der Waals surface area contributed by atoms with Gasteiger partial charge in [0.15, 0.2) is 0 Å². The van der Waals surface area contributed by atoms with Crippen molar-refractivity contribution in [1.82, 2.24) is 0 Å². The zero-order chi connectivity index (χ0) is 7.72. The van der Waals surface area contributed by atoms with Crippen LogP contribution < -0.4 is 5.73 Å². The summed E-state index contributed by atoms with van der Waals surface area (Å²) in [5.41, 5.74) is 6.85. The number of anilines is 1. The van der Waals surface area contributed by atoms with E-state index in [0.29, 0.717) is 10.2 Å². The molecule has 0 amide bonds. The van der Waals surface area contributed by atoms with Crippen LogP contribution in [-0.4, -0.2) is 0 Å². The molecular weight excluding hydrogens is 232 g/mol. The number of rotatable bonds is 0. The van der Waals surface area contributed by atoms with Crippen molar-refractivity contribution < 1.29 is 4.39 Å². The number of benzene rings is 1. The van der Waals surface area contributed by atoms with Gasteiger partial charge in [-0.25, -0.2) is 4.39 Å². The Morgan fingerprint density at radius 3 is 2.45 bits per heavy atom. The largest absolute Gasteiger partial charge is 0.398 e. The van der Waals surface area contributed by atoms with Crippen molar-refractivity contribution in [3.8, 4) is 0 Å². The van der Waals surface area contributed by atoms with Gasteiger partial charge in [-0.05, 0) is 40.5 Å². The topological polar surface area (TPSA) is 26.0 Å². The summed E-state index contributed by atoms with van der Waals surface area (Å²) in [6.45, 7) is 1.77. The normalized spacial score (nSPS) is 9.00.